The largest absolute Gasteiger partial charge is 0.378 e. The molecule has 0 bridgehead atoms. The van der Waals surface area contributed by atoms with Crippen molar-refractivity contribution in [3.8, 4) is 6.07 Å². The molecule has 0 saturated carbocycles. The van der Waals surface area contributed by atoms with Gasteiger partial charge in [0, 0.05) is 5.69 Å². The first kappa shape index (κ1) is 13.7. The Kier molecular flexibility index (Phi) is 4.08. The Balaban J connectivity index is 2.11. The second-order valence-electron chi connectivity index (χ2n) is 4.14. The Hall–Kier alpha value is -2.71. The molecule has 0 aliphatic carbocycles. The number of hydrogen-bond acceptors (Lipinski definition) is 3. The van der Waals surface area contributed by atoms with E-state index < -0.39 is 17.8 Å². The quantitative estimate of drug-likeness (QED) is 0.899. The zero-order valence-electron chi connectivity index (χ0n) is 10.4. The number of hydrogen-bond donors (Lipinski definition) is 2. The lowest BCUT2D eigenvalue weighted by molar-refractivity contribution is -0.124. The monoisotopic (exact) mass is 270 g/mol. The first-order valence-electron chi connectivity index (χ1n) is 5.84. The molecular formula is C15H11FN2O2. The van der Waals surface area contributed by atoms with E-state index in [1.54, 1.807) is 18.2 Å². The molecule has 2 N–H and O–H groups in total. The smallest absolute Gasteiger partial charge is 0.257 e. The average molecular weight is 270 g/mol. The van der Waals surface area contributed by atoms with Gasteiger partial charge in [-0.2, -0.15) is 5.26 Å². The molecule has 1 atom stereocenters. The van der Waals surface area contributed by atoms with E-state index in [9.17, 15) is 14.3 Å². The summed E-state index contributed by atoms with van der Waals surface area (Å²) < 4.78 is 12.8. The van der Waals surface area contributed by atoms with E-state index in [4.69, 9.17) is 5.26 Å². The number of aliphatic hydroxyl groups excluding tert-OH is 1. The molecule has 0 aromatic heterocycles. The Morgan fingerprint density at radius 2 is 1.95 bits per heavy atom. The van der Waals surface area contributed by atoms with Crippen molar-refractivity contribution in [2.45, 2.75) is 6.10 Å². The number of amides is 1. The van der Waals surface area contributed by atoms with Gasteiger partial charge in [0.05, 0.1) is 11.6 Å². The van der Waals surface area contributed by atoms with Crippen LogP contribution in [-0.2, 0) is 4.79 Å². The fraction of sp³-hybridized carbons (Fsp3) is 0.0667. The Bertz CT molecular complexity index is 662. The van der Waals surface area contributed by atoms with Crippen LogP contribution < -0.4 is 5.32 Å². The standard InChI is InChI=1S/C15H11FN2O2/c16-12-6-4-11(5-7-12)14(19)15(20)18-13-3-1-2-10(8-13)9-17/h1-8,14,19H,(H,18,20). The highest BCUT2D eigenvalue weighted by Crippen LogP contribution is 2.17. The van der Waals surface area contributed by atoms with E-state index in [-0.39, 0.29) is 0 Å². The van der Waals surface area contributed by atoms with Gasteiger partial charge in [0.2, 0.25) is 0 Å². The van der Waals surface area contributed by atoms with E-state index >= 15 is 0 Å². The van der Waals surface area contributed by atoms with Crippen LogP contribution in [0.25, 0.3) is 0 Å². The van der Waals surface area contributed by atoms with Gasteiger partial charge in [-0.25, -0.2) is 4.39 Å². The maximum atomic E-state index is 12.8. The van der Waals surface area contributed by atoms with E-state index in [1.165, 1.54) is 30.3 Å². The fourth-order valence-corrected chi connectivity index (χ4v) is 1.67. The third-order valence-corrected chi connectivity index (χ3v) is 2.69. The molecule has 5 heteroatoms. The normalized spacial score (nSPS) is 11.4. The summed E-state index contributed by atoms with van der Waals surface area (Å²) in [6, 6.07) is 13.3. The molecule has 4 nitrogen and oxygen atoms in total. The minimum Gasteiger partial charge on any atom is -0.378 e. The van der Waals surface area contributed by atoms with Crippen LogP contribution in [0.3, 0.4) is 0 Å². The minimum absolute atomic E-state index is 0.292. The lowest BCUT2D eigenvalue weighted by Gasteiger charge is -2.11. The number of aliphatic hydroxyl groups is 1. The second kappa shape index (κ2) is 5.95. The molecule has 100 valence electrons. The number of halogens is 1. The Labute approximate surface area is 115 Å². The minimum atomic E-state index is -1.40. The van der Waals surface area contributed by atoms with Crippen molar-refractivity contribution < 1.29 is 14.3 Å². The predicted octanol–water partition coefficient (Wildman–Crippen LogP) is 2.37. The van der Waals surface area contributed by atoms with Crippen molar-refractivity contribution in [2.24, 2.45) is 0 Å². The van der Waals surface area contributed by atoms with Crippen LogP contribution in [0.15, 0.2) is 48.5 Å². The first-order chi connectivity index (χ1) is 9.60. The molecule has 1 amide bonds. The number of carbonyl (C=O) groups excluding carboxylic acids is 1. The van der Waals surface area contributed by atoms with Crippen LogP contribution in [-0.4, -0.2) is 11.0 Å². The summed E-state index contributed by atoms with van der Waals surface area (Å²) in [5.74, 6) is -1.09. The number of nitrogens with zero attached hydrogens (tertiary/aromatic N) is 1. The van der Waals surface area contributed by atoms with Gasteiger partial charge in [0.25, 0.3) is 5.91 Å². The van der Waals surface area contributed by atoms with Crippen LogP contribution in [0.2, 0.25) is 0 Å². The maximum absolute atomic E-state index is 12.8. The average Bonchev–Trinajstić information content (AvgIpc) is 2.47. The summed E-state index contributed by atoms with van der Waals surface area (Å²) in [5, 5.41) is 21.1. The summed E-state index contributed by atoms with van der Waals surface area (Å²) in [5.41, 5.74) is 1.11. The highest BCUT2D eigenvalue weighted by atomic mass is 19.1. The third-order valence-electron chi connectivity index (χ3n) is 2.69. The summed E-state index contributed by atoms with van der Waals surface area (Å²) in [4.78, 5) is 11.9. The molecule has 0 aliphatic rings. The molecule has 1 unspecified atom stereocenters. The van der Waals surface area contributed by atoms with Gasteiger partial charge < -0.3 is 10.4 Å². The second-order valence-corrected chi connectivity index (χ2v) is 4.14. The van der Waals surface area contributed by atoms with E-state index in [2.05, 4.69) is 5.32 Å². The van der Waals surface area contributed by atoms with Crippen molar-refractivity contribution in [2.75, 3.05) is 5.32 Å². The molecule has 2 rings (SSSR count). The van der Waals surface area contributed by atoms with Crippen LogP contribution in [0.5, 0.6) is 0 Å². The molecule has 0 radical (unpaired) electrons. The molecule has 0 fully saturated rings. The van der Waals surface area contributed by atoms with Crippen molar-refractivity contribution >= 4 is 11.6 Å². The van der Waals surface area contributed by atoms with Crippen molar-refractivity contribution in [1.82, 2.24) is 0 Å². The van der Waals surface area contributed by atoms with E-state index in [1.807, 2.05) is 6.07 Å². The molecule has 20 heavy (non-hydrogen) atoms. The van der Waals surface area contributed by atoms with Crippen LogP contribution >= 0.6 is 0 Å². The summed E-state index contributed by atoms with van der Waals surface area (Å²) in [6.45, 7) is 0. The highest BCUT2D eigenvalue weighted by molar-refractivity contribution is 5.94. The number of rotatable bonds is 3. The number of nitrogens with one attached hydrogen (secondary N) is 1. The zero-order chi connectivity index (χ0) is 14.5. The number of benzene rings is 2. The predicted molar refractivity (Wildman–Crippen MR) is 71.1 cm³/mol. The SMILES string of the molecule is N#Cc1cccc(NC(=O)C(O)c2ccc(F)cc2)c1. The van der Waals surface area contributed by atoms with Gasteiger partial charge in [-0.15, -0.1) is 0 Å². The molecule has 0 saturated heterocycles. The fourth-order valence-electron chi connectivity index (χ4n) is 1.67. The summed E-state index contributed by atoms with van der Waals surface area (Å²) in [6.07, 6.45) is -1.40. The number of nitriles is 1. The molecule has 2 aromatic carbocycles. The third kappa shape index (κ3) is 3.19. The lowest BCUT2D eigenvalue weighted by atomic mass is 10.1. The molecule has 0 aliphatic heterocycles. The zero-order valence-corrected chi connectivity index (χ0v) is 10.4. The van der Waals surface area contributed by atoms with Gasteiger partial charge in [0.1, 0.15) is 5.82 Å². The number of anilines is 1. The molecule has 0 heterocycles. The van der Waals surface area contributed by atoms with Crippen molar-refractivity contribution in [3.05, 3.63) is 65.5 Å². The Morgan fingerprint density at radius 1 is 1.25 bits per heavy atom. The van der Waals surface area contributed by atoms with Gasteiger partial charge >= 0.3 is 0 Å². The Morgan fingerprint density at radius 3 is 2.60 bits per heavy atom. The van der Waals surface area contributed by atoms with E-state index in [0.29, 0.717) is 16.8 Å². The summed E-state index contributed by atoms with van der Waals surface area (Å²) in [7, 11) is 0. The molecule has 0 spiro atoms. The van der Waals surface area contributed by atoms with Gasteiger partial charge in [-0.3, -0.25) is 4.79 Å². The van der Waals surface area contributed by atoms with Crippen molar-refractivity contribution in [3.63, 3.8) is 0 Å². The molecule has 2 aromatic rings. The van der Waals surface area contributed by atoms with Crippen LogP contribution in [0.4, 0.5) is 10.1 Å². The van der Waals surface area contributed by atoms with Gasteiger partial charge in [0.15, 0.2) is 6.10 Å². The van der Waals surface area contributed by atoms with Crippen molar-refractivity contribution in [1.29, 1.82) is 5.26 Å². The lowest BCUT2D eigenvalue weighted by Crippen LogP contribution is -2.20. The first-order valence-corrected chi connectivity index (χ1v) is 5.84. The van der Waals surface area contributed by atoms with Crippen LogP contribution in [0.1, 0.15) is 17.2 Å². The van der Waals surface area contributed by atoms with Crippen LogP contribution in [0, 0.1) is 17.1 Å². The van der Waals surface area contributed by atoms with E-state index in [0.717, 1.165) is 0 Å². The highest BCUT2D eigenvalue weighted by Gasteiger charge is 2.17. The number of carbonyl (C=O) groups is 1. The van der Waals surface area contributed by atoms with Gasteiger partial charge in [-0.05, 0) is 35.9 Å². The molecular weight excluding hydrogens is 259 g/mol. The summed E-state index contributed by atoms with van der Waals surface area (Å²) >= 11 is 0. The maximum Gasteiger partial charge on any atom is 0.257 e. The topological polar surface area (TPSA) is 73.1 Å². The van der Waals surface area contributed by atoms with Gasteiger partial charge in [-0.1, -0.05) is 18.2 Å².